The predicted molar refractivity (Wildman–Crippen MR) is 46.0 cm³/mol. The van der Waals surface area contributed by atoms with Crippen LogP contribution in [0.4, 0.5) is 4.39 Å². The molecule has 0 fully saturated rings. The van der Waals surface area contributed by atoms with Crippen LogP contribution in [0.1, 0.15) is 5.56 Å². The van der Waals surface area contributed by atoms with Crippen molar-refractivity contribution in [2.24, 2.45) is 0 Å². The van der Waals surface area contributed by atoms with Crippen molar-refractivity contribution in [2.75, 3.05) is 0 Å². The number of hydrogen-bond donors (Lipinski definition) is 1. The predicted octanol–water partition coefficient (Wildman–Crippen LogP) is 2.03. The summed E-state index contributed by atoms with van der Waals surface area (Å²) in [5, 5.41) is -0.0346. The largest absolute Gasteiger partial charge is 0.294 e. The molecule has 0 aliphatic carbocycles. The van der Waals surface area contributed by atoms with Crippen molar-refractivity contribution in [1.82, 2.24) is 0 Å². The van der Waals surface area contributed by atoms with E-state index in [9.17, 15) is 12.8 Å². The summed E-state index contributed by atoms with van der Waals surface area (Å²) in [7, 11) is -4.39. The Morgan fingerprint density at radius 2 is 2.00 bits per heavy atom. The Balaban J connectivity index is 3.47. The number of hydrogen-bond acceptors (Lipinski definition) is 2. The first-order chi connectivity index (χ1) is 5.82. The Morgan fingerprint density at radius 1 is 1.46 bits per heavy atom. The zero-order valence-corrected chi connectivity index (χ0v) is 8.16. The average molecular weight is 225 g/mol. The quantitative estimate of drug-likeness (QED) is 0.743. The van der Waals surface area contributed by atoms with E-state index in [4.69, 9.17) is 16.2 Å². The van der Waals surface area contributed by atoms with Crippen LogP contribution in [0.3, 0.4) is 0 Å². The molecule has 0 saturated carbocycles. The van der Waals surface area contributed by atoms with Crippen LogP contribution in [0.15, 0.2) is 17.0 Å². The van der Waals surface area contributed by atoms with Gasteiger partial charge in [0.2, 0.25) is 0 Å². The molecule has 0 aromatic heterocycles. The zero-order valence-electron chi connectivity index (χ0n) is 6.58. The van der Waals surface area contributed by atoms with E-state index >= 15 is 0 Å². The molecular formula is C7H6ClFO3S. The maximum atomic E-state index is 12.9. The summed E-state index contributed by atoms with van der Waals surface area (Å²) in [4.78, 5) is -0.541. The highest BCUT2D eigenvalue weighted by molar-refractivity contribution is 7.85. The number of benzene rings is 1. The van der Waals surface area contributed by atoms with Crippen LogP contribution in [0, 0.1) is 12.7 Å². The van der Waals surface area contributed by atoms with Crippen molar-refractivity contribution < 1.29 is 17.4 Å². The molecular weight excluding hydrogens is 219 g/mol. The van der Waals surface area contributed by atoms with Crippen LogP contribution in [-0.2, 0) is 10.1 Å². The van der Waals surface area contributed by atoms with Gasteiger partial charge in [-0.3, -0.25) is 4.55 Å². The molecule has 0 bridgehead atoms. The van der Waals surface area contributed by atoms with Crippen LogP contribution in [0.25, 0.3) is 0 Å². The van der Waals surface area contributed by atoms with Gasteiger partial charge < -0.3 is 0 Å². The summed E-state index contributed by atoms with van der Waals surface area (Å²) in [6.07, 6.45) is 0. The average Bonchev–Trinajstić information content (AvgIpc) is 1.97. The van der Waals surface area contributed by atoms with E-state index < -0.39 is 20.8 Å². The third kappa shape index (κ3) is 2.18. The topological polar surface area (TPSA) is 54.4 Å². The van der Waals surface area contributed by atoms with Gasteiger partial charge in [-0.2, -0.15) is 8.42 Å². The third-order valence-corrected chi connectivity index (χ3v) is 2.78. The van der Waals surface area contributed by atoms with Crippen LogP contribution in [-0.4, -0.2) is 13.0 Å². The lowest BCUT2D eigenvalue weighted by atomic mass is 10.2. The van der Waals surface area contributed by atoms with Crippen molar-refractivity contribution in [2.45, 2.75) is 11.8 Å². The summed E-state index contributed by atoms with van der Waals surface area (Å²) in [6, 6.07) is 1.71. The highest BCUT2D eigenvalue weighted by Gasteiger charge is 2.14. The zero-order chi connectivity index (χ0) is 10.2. The number of halogens is 2. The summed E-state index contributed by atoms with van der Waals surface area (Å²) >= 11 is 5.51. The molecule has 3 nitrogen and oxygen atoms in total. The Labute approximate surface area is 79.9 Å². The van der Waals surface area contributed by atoms with E-state index in [2.05, 4.69) is 0 Å². The van der Waals surface area contributed by atoms with Crippen LogP contribution < -0.4 is 0 Å². The molecule has 13 heavy (non-hydrogen) atoms. The molecule has 1 aromatic rings. The highest BCUT2D eigenvalue weighted by Crippen LogP contribution is 2.22. The minimum Gasteiger partial charge on any atom is -0.282 e. The monoisotopic (exact) mass is 224 g/mol. The van der Waals surface area contributed by atoms with Crippen molar-refractivity contribution in [3.63, 3.8) is 0 Å². The van der Waals surface area contributed by atoms with Gasteiger partial charge in [0.15, 0.2) is 0 Å². The Bertz CT molecular complexity index is 418. The molecule has 72 valence electrons. The summed E-state index contributed by atoms with van der Waals surface area (Å²) in [5.41, 5.74) is 0.147. The van der Waals surface area contributed by atoms with Gasteiger partial charge in [0.05, 0.1) is 4.90 Å². The summed E-state index contributed by atoms with van der Waals surface area (Å²) in [6.45, 7) is 1.41. The van der Waals surface area contributed by atoms with Crippen LogP contribution in [0.5, 0.6) is 0 Å². The first-order valence-electron chi connectivity index (χ1n) is 3.25. The fourth-order valence-electron chi connectivity index (χ4n) is 0.771. The van der Waals surface area contributed by atoms with Gasteiger partial charge in [0.25, 0.3) is 10.1 Å². The Hall–Kier alpha value is -0.650. The fraction of sp³-hybridized carbons (Fsp3) is 0.143. The minimum absolute atomic E-state index is 0.0346. The second-order valence-electron chi connectivity index (χ2n) is 2.49. The second kappa shape index (κ2) is 3.25. The maximum absolute atomic E-state index is 12.9. The smallest absolute Gasteiger partial charge is 0.282 e. The fourth-order valence-corrected chi connectivity index (χ4v) is 1.56. The van der Waals surface area contributed by atoms with Gasteiger partial charge >= 0.3 is 0 Å². The third-order valence-electron chi connectivity index (χ3n) is 1.55. The summed E-state index contributed by atoms with van der Waals surface area (Å²) < 4.78 is 42.6. The molecule has 0 aliphatic rings. The molecule has 1 N–H and O–H groups in total. The lowest BCUT2D eigenvalue weighted by molar-refractivity contribution is 0.481. The van der Waals surface area contributed by atoms with Crippen LogP contribution in [0.2, 0.25) is 5.02 Å². The molecule has 0 saturated heterocycles. The molecule has 1 aromatic carbocycles. The normalized spacial score (nSPS) is 11.7. The van der Waals surface area contributed by atoms with Crippen LogP contribution >= 0.6 is 11.6 Å². The molecule has 0 aliphatic heterocycles. The molecule has 0 unspecified atom stereocenters. The Kier molecular flexibility index (Phi) is 2.61. The van der Waals surface area contributed by atoms with E-state index in [1.54, 1.807) is 0 Å². The number of rotatable bonds is 1. The molecule has 0 amide bonds. The van der Waals surface area contributed by atoms with Gasteiger partial charge in [-0.1, -0.05) is 11.6 Å². The van der Waals surface area contributed by atoms with Gasteiger partial charge in [0, 0.05) is 10.6 Å². The van der Waals surface area contributed by atoms with Crippen molar-refractivity contribution in [3.8, 4) is 0 Å². The minimum atomic E-state index is -4.39. The van der Waals surface area contributed by atoms with Crippen molar-refractivity contribution >= 4 is 21.7 Å². The lowest BCUT2D eigenvalue weighted by Gasteiger charge is -2.02. The van der Waals surface area contributed by atoms with E-state index in [0.717, 1.165) is 12.1 Å². The van der Waals surface area contributed by atoms with Crippen molar-refractivity contribution in [3.05, 3.63) is 28.5 Å². The molecule has 0 heterocycles. The Morgan fingerprint density at radius 3 is 2.38 bits per heavy atom. The van der Waals surface area contributed by atoms with E-state index in [-0.39, 0.29) is 10.6 Å². The van der Waals surface area contributed by atoms with Gasteiger partial charge in [-0.15, -0.1) is 0 Å². The second-order valence-corrected chi connectivity index (χ2v) is 4.32. The SMILES string of the molecule is Cc1c(F)cc(S(=O)(=O)O)cc1Cl. The molecule has 1 rings (SSSR count). The summed E-state index contributed by atoms with van der Waals surface area (Å²) in [5.74, 6) is -0.764. The maximum Gasteiger partial charge on any atom is 0.294 e. The molecule has 0 radical (unpaired) electrons. The van der Waals surface area contributed by atoms with Gasteiger partial charge in [-0.05, 0) is 19.1 Å². The van der Waals surface area contributed by atoms with Gasteiger partial charge in [-0.25, -0.2) is 4.39 Å². The molecule has 6 heteroatoms. The molecule has 0 atom stereocenters. The lowest BCUT2D eigenvalue weighted by Crippen LogP contribution is -1.99. The first kappa shape index (κ1) is 10.4. The van der Waals surface area contributed by atoms with Gasteiger partial charge in [0.1, 0.15) is 5.82 Å². The standard InChI is InChI=1S/C7H6ClFO3S/c1-4-6(8)2-5(3-7(4)9)13(10,11)12/h2-3H,1H3,(H,10,11,12). The van der Waals surface area contributed by atoms with Crippen molar-refractivity contribution in [1.29, 1.82) is 0 Å². The highest BCUT2D eigenvalue weighted by atomic mass is 35.5. The van der Waals surface area contributed by atoms with E-state index in [0.29, 0.717) is 0 Å². The van der Waals surface area contributed by atoms with E-state index in [1.165, 1.54) is 6.92 Å². The molecule has 0 spiro atoms. The van der Waals surface area contributed by atoms with E-state index in [1.807, 2.05) is 0 Å². The first-order valence-corrected chi connectivity index (χ1v) is 5.07.